The third kappa shape index (κ3) is 2.01. The second-order valence-corrected chi connectivity index (χ2v) is 5.70. The van der Waals surface area contributed by atoms with Crippen molar-refractivity contribution in [1.29, 1.82) is 0 Å². The number of nitrogens with zero attached hydrogens (tertiary/aromatic N) is 2. The maximum absolute atomic E-state index is 11.8. The summed E-state index contributed by atoms with van der Waals surface area (Å²) in [5.74, 6) is 0. The molecule has 106 valence electrons. The number of hydrogen-bond acceptors (Lipinski definition) is 4. The van der Waals surface area contributed by atoms with Gasteiger partial charge in [0.15, 0.2) is 0 Å². The fourth-order valence-corrected chi connectivity index (χ4v) is 3.56. The predicted molar refractivity (Wildman–Crippen MR) is 76.2 cm³/mol. The number of amides is 2. The van der Waals surface area contributed by atoms with Crippen LogP contribution < -0.4 is 16.6 Å². The van der Waals surface area contributed by atoms with E-state index in [1.807, 2.05) is 6.92 Å². The molecule has 0 unspecified atom stereocenters. The SMILES string of the molecule is CCn1c(=O)[nH]c(=O)c2cc(CN3CCNC3=O)sc21. The molecule has 1 fully saturated rings. The number of carbonyl (C=O) groups excluding carboxylic acids is 1. The van der Waals surface area contributed by atoms with Crippen LogP contribution in [0.25, 0.3) is 10.2 Å². The summed E-state index contributed by atoms with van der Waals surface area (Å²) in [5.41, 5.74) is -0.764. The van der Waals surface area contributed by atoms with Gasteiger partial charge in [-0.1, -0.05) is 0 Å². The lowest BCUT2D eigenvalue weighted by Crippen LogP contribution is -2.28. The van der Waals surface area contributed by atoms with Crippen LogP contribution in [0.4, 0.5) is 4.79 Å². The van der Waals surface area contributed by atoms with Crippen molar-refractivity contribution >= 4 is 27.6 Å². The monoisotopic (exact) mass is 294 g/mol. The van der Waals surface area contributed by atoms with Crippen molar-refractivity contribution in [2.45, 2.75) is 20.0 Å². The molecule has 1 aliphatic rings. The Morgan fingerprint density at radius 1 is 1.35 bits per heavy atom. The minimum Gasteiger partial charge on any atom is -0.336 e. The largest absolute Gasteiger partial charge is 0.336 e. The number of fused-ring (bicyclic) bond motifs is 1. The summed E-state index contributed by atoms with van der Waals surface area (Å²) in [7, 11) is 0. The Morgan fingerprint density at radius 3 is 2.80 bits per heavy atom. The molecule has 0 aliphatic carbocycles. The quantitative estimate of drug-likeness (QED) is 0.853. The van der Waals surface area contributed by atoms with Gasteiger partial charge in [-0.15, -0.1) is 11.3 Å². The minimum absolute atomic E-state index is 0.0933. The Balaban J connectivity index is 2.06. The maximum atomic E-state index is 11.8. The number of aromatic nitrogens is 2. The van der Waals surface area contributed by atoms with Crippen molar-refractivity contribution < 1.29 is 4.79 Å². The van der Waals surface area contributed by atoms with Gasteiger partial charge in [0, 0.05) is 24.5 Å². The van der Waals surface area contributed by atoms with Crippen LogP contribution in [0, 0.1) is 0 Å². The fourth-order valence-electron chi connectivity index (χ4n) is 2.33. The molecule has 3 heterocycles. The lowest BCUT2D eigenvalue weighted by molar-refractivity contribution is 0.216. The molecule has 0 bridgehead atoms. The van der Waals surface area contributed by atoms with E-state index in [0.29, 0.717) is 36.4 Å². The van der Waals surface area contributed by atoms with E-state index in [1.165, 1.54) is 15.9 Å². The summed E-state index contributed by atoms with van der Waals surface area (Å²) in [6.07, 6.45) is 0. The van der Waals surface area contributed by atoms with Gasteiger partial charge >= 0.3 is 11.7 Å². The van der Waals surface area contributed by atoms with Crippen LogP contribution >= 0.6 is 11.3 Å². The van der Waals surface area contributed by atoms with Crippen LogP contribution in [-0.2, 0) is 13.1 Å². The molecule has 0 saturated carbocycles. The molecule has 1 aliphatic heterocycles. The molecule has 7 nitrogen and oxygen atoms in total. The number of urea groups is 1. The number of aryl methyl sites for hydroxylation is 1. The number of H-pyrrole nitrogens is 1. The molecule has 2 amide bonds. The molecule has 0 spiro atoms. The highest BCUT2D eigenvalue weighted by atomic mass is 32.1. The zero-order valence-corrected chi connectivity index (χ0v) is 11.7. The number of aromatic amines is 1. The highest BCUT2D eigenvalue weighted by Gasteiger charge is 2.21. The van der Waals surface area contributed by atoms with E-state index in [2.05, 4.69) is 10.3 Å². The summed E-state index contributed by atoms with van der Waals surface area (Å²) in [5, 5.41) is 3.24. The van der Waals surface area contributed by atoms with E-state index in [-0.39, 0.29) is 11.6 Å². The average molecular weight is 294 g/mol. The Morgan fingerprint density at radius 2 is 2.15 bits per heavy atom. The summed E-state index contributed by atoms with van der Waals surface area (Å²) >= 11 is 1.39. The van der Waals surface area contributed by atoms with E-state index < -0.39 is 5.69 Å². The van der Waals surface area contributed by atoms with E-state index in [0.717, 1.165) is 4.88 Å². The predicted octanol–water partition coefficient (Wildman–Crippen LogP) is 0.296. The van der Waals surface area contributed by atoms with E-state index in [9.17, 15) is 14.4 Å². The van der Waals surface area contributed by atoms with Crippen LogP contribution in [0.5, 0.6) is 0 Å². The third-order valence-electron chi connectivity index (χ3n) is 3.33. The number of carbonyl (C=O) groups is 1. The van der Waals surface area contributed by atoms with Crippen LogP contribution in [0.2, 0.25) is 0 Å². The van der Waals surface area contributed by atoms with Gasteiger partial charge in [0.1, 0.15) is 4.83 Å². The smallest absolute Gasteiger partial charge is 0.329 e. The first kappa shape index (κ1) is 12.9. The van der Waals surface area contributed by atoms with Gasteiger partial charge in [0.25, 0.3) is 5.56 Å². The molecule has 2 N–H and O–H groups in total. The normalized spacial score (nSPS) is 15.1. The summed E-state index contributed by atoms with van der Waals surface area (Å²) in [6, 6.07) is 1.67. The standard InChI is InChI=1S/C12H14N4O3S/c1-2-16-10-8(9(17)14-12(16)19)5-7(20-10)6-15-4-3-13-11(15)18/h5H,2-4,6H2,1H3,(H,13,18)(H,14,17,19). The van der Waals surface area contributed by atoms with Gasteiger partial charge in [-0.25, -0.2) is 9.59 Å². The molecule has 2 aromatic rings. The second kappa shape index (κ2) is 4.78. The van der Waals surface area contributed by atoms with Gasteiger partial charge in [-0.05, 0) is 13.0 Å². The van der Waals surface area contributed by atoms with E-state index in [1.54, 1.807) is 11.0 Å². The Kier molecular flexibility index (Phi) is 3.09. The van der Waals surface area contributed by atoms with E-state index >= 15 is 0 Å². The van der Waals surface area contributed by atoms with Crippen LogP contribution in [0.15, 0.2) is 15.7 Å². The molecule has 0 atom stereocenters. The number of rotatable bonds is 3. The fraction of sp³-hybridized carbons (Fsp3) is 0.417. The molecular weight excluding hydrogens is 280 g/mol. The van der Waals surface area contributed by atoms with Crippen molar-refractivity contribution in [3.05, 3.63) is 31.8 Å². The molecule has 8 heteroatoms. The second-order valence-electron chi connectivity index (χ2n) is 4.59. The minimum atomic E-state index is -0.391. The highest BCUT2D eigenvalue weighted by molar-refractivity contribution is 7.18. The topological polar surface area (TPSA) is 87.2 Å². The molecule has 0 radical (unpaired) electrons. The first-order valence-corrected chi connectivity index (χ1v) is 7.20. The lowest BCUT2D eigenvalue weighted by atomic mass is 10.3. The van der Waals surface area contributed by atoms with Crippen molar-refractivity contribution in [2.75, 3.05) is 13.1 Å². The molecule has 1 saturated heterocycles. The van der Waals surface area contributed by atoms with Gasteiger partial charge in [-0.3, -0.25) is 14.3 Å². The molecule has 2 aromatic heterocycles. The number of thiophene rings is 1. The summed E-state index contributed by atoms with van der Waals surface area (Å²) in [6.45, 7) is 4.11. The highest BCUT2D eigenvalue weighted by Crippen LogP contribution is 2.23. The van der Waals surface area contributed by atoms with Gasteiger partial charge in [0.05, 0.1) is 11.9 Å². The first-order valence-electron chi connectivity index (χ1n) is 6.38. The van der Waals surface area contributed by atoms with Gasteiger partial charge in [0.2, 0.25) is 0 Å². The van der Waals surface area contributed by atoms with E-state index in [4.69, 9.17) is 0 Å². The third-order valence-corrected chi connectivity index (χ3v) is 4.47. The molecule has 3 rings (SSSR count). The van der Waals surface area contributed by atoms with Crippen molar-refractivity contribution in [2.24, 2.45) is 0 Å². The van der Waals surface area contributed by atoms with Gasteiger partial charge < -0.3 is 10.2 Å². The number of nitrogens with one attached hydrogen (secondary N) is 2. The van der Waals surface area contributed by atoms with Crippen LogP contribution in [0.1, 0.15) is 11.8 Å². The van der Waals surface area contributed by atoms with Crippen molar-refractivity contribution in [1.82, 2.24) is 19.8 Å². The summed E-state index contributed by atoms with van der Waals surface area (Å²) in [4.78, 5) is 40.7. The maximum Gasteiger partial charge on any atom is 0.329 e. The lowest BCUT2D eigenvalue weighted by Gasteiger charge is -2.11. The zero-order chi connectivity index (χ0) is 14.3. The molecule has 20 heavy (non-hydrogen) atoms. The van der Waals surface area contributed by atoms with Crippen LogP contribution in [0.3, 0.4) is 0 Å². The molecule has 0 aromatic carbocycles. The van der Waals surface area contributed by atoms with Crippen molar-refractivity contribution in [3.63, 3.8) is 0 Å². The zero-order valence-electron chi connectivity index (χ0n) is 10.9. The van der Waals surface area contributed by atoms with Crippen LogP contribution in [-0.4, -0.2) is 33.6 Å². The summed E-state index contributed by atoms with van der Waals surface area (Å²) < 4.78 is 1.54. The Hall–Kier alpha value is -2.09. The Bertz CT molecular complexity index is 788. The first-order chi connectivity index (χ1) is 9.60. The molecular formula is C12H14N4O3S. The van der Waals surface area contributed by atoms with Crippen molar-refractivity contribution in [3.8, 4) is 0 Å². The van der Waals surface area contributed by atoms with Gasteiger partial charge in [-0.2, -0.15) is 0 Å². The average Bonchev–Trinajstić information content (AvgIpc) is 2.98. The Labute approximate surface area is 117 Å². The number of hydrogen-bond donors (Lipinski definition) is 2.